The largest absolute Gasteiger partial charge is 0.467 e. The van der Waals surface area contributed by atoms with Gasteiger partial charge in [-0.1, -0.05) is 12.1 Å². The summed E-state index contributed by atoms with van der Waals surface area (Å²) in [6, 6.07) is 5.10. The van der Waals surface area contributed by atoms with Gasteiger partial charge in [-0.15, -0.1) is 0 Å². The van der Waals surface area contributed by atoms with Crippen LogP contribution in [0.5, 0.6) is 0 Å². The second-order valence-electron chi connectivity index (χ2n) is 5.92. The first-order chi connectivity index (χ1) is 11.5. The first-order valence-corrected chi connectivity index (χ1v) is 7.67. The van der Waals surface area contributed by atoms with E-state index in [0.29, 0.717) is 12.8 Å². The molecular formula is C17H18FN3O3. The van der Waals surface area contributed by atoms with Gasteiger partial charge in [-0.3, -0.25) is 4.79 Å². The lowest BCUT2D eigenvalue weighted by Crippen LogP contribution is -2.47. The van der Waals surface area contributed by atoms with Crippen LogP contribution >= 0.6 is 0 Å². The summed E-state index contributed by atoms with van der Waals surface area (Å²) in [7, 11) is 1.28. The highest BCUT2D eigenvalue weighted by Crippen LogP contribution is 2.48. The lowest BCUT2D eigenvalue weighted by atomic mass is 9.94. The number of hydrogen-bond acceptors (Lipinski definition) is 4. The van der Waals surface area contributed by atoms with Crippen LogP contribution in [0.2, 0.25) is 0 Å². The number of amides is 1. The van der Waals surface area contributed by atoms with Crippen molar-refractivity contribution in [2.24, 2.45) is 0 Å². The highest BCUT2D eigenvalue weighted by atomic mass is 19.1. The molecule has 0 unspecified atom stereocenters. The van der Waals surface area contributed by atoms with Crippen molar-refractivity contribution in [2.45, 2.75) is 30.7 Å². The van der Waals surface area contributed by atoms with Crippen molar-refractivity contribution in [3.05, 3.63) is 53.9 Å². The van der Waals surface area contributed by atoms with Crippen LogP contribution in [0.4, 0.5) is 4.39 Å². The van der Waals surface area contributed by atoms with E-state index in [1.165, 1.54) is 25.6 Å². The average Bonchev–Trinajstić information content (AvgIpc) is 3.24. The SMILES string of the molecule is COC(=O)[C@H](Cc1cnc[nH]1)NC(=O)C1(c2ccc(F)cc2)CC1. The van der Waals surface area contributed by atoms with Crippen LogP contribution in [0.15, 0.2) is 36.8 Å². The summed E-state index contributed by atoms with van der Waals surface area (Å²) in [5.74, 6) is -1.11. The molecule has 0 aliphatic heterocycles. The third-order valence-electron chi connectivity index (χ3n) is 4.35. The van der Waals surface area contributed by atoms with E-state index in [9.17, 15) is 14.0 Å². The van der Waals surface area contributed by atoms with Gasteiger partial charge < -0.3 is 15.0 Å². The van der Waals surface area contributed by atoms with Crippen LogP contribution in [-0.2, 0) is 26.2 Å². The molecule has 24 heavy (non-hydrogen) atoms. The fraction of sp³-hybridized carbons (Fsp3) is 0.353. The highest BCUT2D eigenvalue weighted by molar-refractivity contribution is 5.94. The minimum absolute atomic E-state index is 0.246. The molecule has 2 aromatic rings. The fourth-order valence-electron chi connectivity index (χ4n) is 2.79. The minimum Gasteiger partial charge on any atom is -0.467 e. The molecule has 6 nitrogen and oxygen atoms in total. The molecule has 1 aliphatic rings. The van der Waals surface area contributed by atoms with Crippen molar-refractivity contribution in [2.75, 3.05) is 7.11 Å². The number of aromatic amines is 1. The lowest BCUT2D eigenvalue weighted by molar-refractivity contribution is -0.145. The molecule has 1 saturated carbocycles. The van der Waals surface area contributed by atoms with Crippen molar-refractivity contribution < 1.29 is 18.7 Å². The van der Waals surface area contributed by atoms with Crippen LogP contribution in [-0.4, -0.2) is 35.0 Å². The zero-order chi connectivity index (χ0) is 17.2. The number of ether oxygens (including phenoxy) is 1. The molecule has 3 rings (SSSR count). The predicted molar refractivity (Wildman–Crippen MR) is 83.6 cm³/mol. The van der Waals surface area contributed by atoms with Crippen molar-refractivity contribution in [1.29, 1.82) is 0 Å². The Morgan fingerprint density at radius 3 is 2.62 bits per heavy atom. The van der Waals surface area contributed by atoms with Crippen LogP contribution in [0.25, 0.3) is 0 Å². The van der Waals surface area contributed by atoms with E-state index in [1.54, 1.807) is 18.3 Å². The summed E-state index contributed by atoms with van der Waals surface area (Å²) >= 11 is 0. The summed E-state index contributed by atoms with van der Waals surface area (Å²) in [6.07, 6.45) is 4.70. The topological polar surface area (TPSA) is 84.1 Å². The number of imidazole rings is 1. The molecule has 0 saturated heterocycles. The molecule has 1 atom stereocenters. The molecule has 1 fully saturated rings. The maximum Gasteiger partial charge on any atom is 0.328 e. The number of halogens is 1. The van der Waals surface area contributed by atoms with Crippen LogP contribution < -0.4 is 5.32 Å². The van der Waals surface area contributed by atoms with Crippen LogP contribution in [0, 0.1) is 5.82 Å². The lowest BCUT2D eigenvalue weighted by Gasteiger charge is -2.21. The monoisotopic (exact) mass is 331 g/mol. The Labute approximate surface area is 138 Å². The molecule has 2 N–H and O–H groups in total. The molecule has 1 aromatic heterocycles. The maximum absolute atomic E-state index is 13.1. The fourth-order valence-corrected chi connectivity index (χ4v) is 2.79. The van der Waals surface area contributed by atoms with Gasteiger partial charge in [0.15, 0.2) is 0 Å². The molecule has 0 spiro atoms. The van der Waals surface area contributed by atoms with E-state index in [-0.39, 0.29) is 18.1 Å². The summed E-state index contributed by atoms with van der Waals surface area (Å²) in [5.41, 5.74) is 0.789. The number of rotatable bonds is 6. The van der Waals surface area contributed by atoms with E-state index in [2.05, 4.69) is 15.3 Å². The van der Waals surface area contributed by atoms with Gasteiger partial charge in [0, 0.05) is 18.3 Å². The van der Waals surface area contributed by atoms with Crippen LogP contribution in [0.3, 0.4) is 0 Å². The third-order valence-corrected chi connectivity index (χ3v) is 4.35. The number of aromatic nitrogens is 2. The second kappa shape index (κ2) is 6.43. The van der Waals surface area contributed by atoms with E-state index in [0.717, 1.165) is 11.3 Å². The number of carbonyl (C=O) groups is 2. The van der Waals surface area contributed by atoms with Gasteiger partial charge in [-0.2, -0.15) is 0 Å². The Balaban J connectivity index is 1.75. The molecule has 0 radical (unpaired) electrons. The molecular weight excluding hydrogens is 313 g/mol. The number of nitrogens with one attached hydrogen (secondary N) is 2. The minimum atomic E-state index is -0.805. The molecule has 1 aliphatic carbocycles. The first-order valence-electron chi connectivity index (χ1n) is 7.67. The summed E-state index contributed by atoms with van der Waals surface area (Å²) in [4.78, 5) is 31.5. The van der Waals surface area contributed by atoms with Gasteiger partial charge in [0.25, 0.3) is 0 Å². The number of carbonyl (C=O) groups excluding carboxylic acids is 2. The van der Waals surface area contributed by atoms with E-state index < -0.39 is 17.4 Å². The number of H-pyrrole nitrogens is 1. The third kappa shape index (κ3) is 3.15. The predicted octanol–water partition coefficient (Wildman–Crippen LogP) is 1.48. The van der Waals surface area contributed by atoms with Gasteiger partial charge in [-0.25, -0.2) is 14.2 Å². The highest BCUT2D eigenvalue weighted by Gasteiger charge is 2.52. The number of hydrogen-bond donors (Lipinski definition) is 2. The van der Waals surface area contributed by atoms with E-state index in [4.69, 9.17) is 4.74 Å². The van der Waals surface area contributed by atoms with E-state index >= 15 is 0 Å². The van der Waals surface area contributed by atoms with Crippen molar-refractivity contribution in [3.63, 3.8) is 0 Å². The van der Waals surface area contributed by atoms with Crippen molar-refractivity contribution in [1.82, 2.24) is 15.3 Å². The number of nitrogens with zero attached hydrogens (tertiary/aromatic N) is 1. The van der Waals surface area contributed by atoms with Gasteiger partial charge in [0.2, 0.25) is 5.91 Å². The molecule has 1 aromatic carbocycles. The molecule has 1 heterocycles. The summed E-state index contributed by atoms with van der Waals surface area (Å²) < 4.78 is 17.9. The molecule has 7 heteroatoms. The average molecular weight is 331 g/mol. The Morgan fingerprint density at radius 1 is 1.38 bits per heavy atom. The normalized spacial score (nSPS) is 16.2. The Bertz CT molecular complexity index is 724. The quantitative estimate of drug-likeness (QED) is 0.785. The van der Waals surface area contributed by atoms with Crippen molar-refractivity contribution in [3.8, 4) is 0 Å². The maximum atomic E-state index is 13.1. The molecule has 0 bridgehead atoms. The zero-order valence-electron chi connectivity index (χ0n) is 13.2. The Kier molecular flexibility index (Phi) is 4.33. The first kappa shape index (κ1) is 16.2. The van der Waals surface area contributed by atoms with E-state index in [1.807, 2.05) is 0 Å². The standard InChI is InChI=1S/C17H18FN3O3/c1-24-15(22)14(8-13-9-19-10-20-13)21-16(23)17(6-7-17)11-2-4-12(18)5-3-11/h2-5,9-10,14H,6-8H2,1H3,(H,19,20)(H,21,23)/t14-/m0/s1. The molecule has 1 amide bonds. The molecule has 126 valence electrons. The number of benzene rings is 1. The van der Waals surface area contributed by atoms with Gasteiger partial charge >= 0.3 is 5.97 Å². The zero-order valence-corrected chi connectivity index (χ0v) is 13.2. The van der Waals surface area contributed by atoms with Crippen LogP contribution in [0.1, 0.15) is 24.1 Å². The number of esters is 1. The Morgan fingerprint density at radius 2 is 2.08 bits per heavy atom. The number of methoxy groups -OCH3 is 1. The van der Waals surface area contributed by atoms with Gasteiger partial charge in [0.05, 0.1) is 18.9 Å². The Hall–Kier alpha value is -2.70. The smallest absolute Gasteiger partial charge is 0.328 e. The summed E-state index contributed by atoms with van der Waals surface area (Å²) in [6.45, 7) is 0. The van der Waals surface area contributed by atoms with Crippen molar-refractivity contribution >= 4 is 11.9 Å². The van der Waals surface area contributed by atoms with Gasteiger partial charge in [0.1, 0.15) is 11.9 Å². The summed E-state index contributed by atoms with van der Waals surface area (Å²) in [5, 5.41) is 2.77. The second-order valence-corrected chi connectivity index (χ2v) is 5.92. The van der Waals surface area contributed by atoms with Gasteiger partial charge in [-0.05, 0) is 30.5 Å².